The third-order valence-electron chi connectivity index (χ3n) is 3.36. The van der Waals surface area contributed by atoms with Crippen LogP contribution in [0.1, 0.15) is 17.8 Å². The first-order valence-corrected chi connectivity index (χ1v) is 8.25. The Morgan fingerprint density at radius 1 is 1.17 bits per heavy atom. The van der Waals surface area contributed by atoms with Gasteiger partial charge in [-0.2, -0.15) is 5.10 Å². The number of para-hydroxylation sites is 1. The lowest BCUT2D eigenvalue weighted by molar-refractivity contribution is 0.636. The van der Waals surface area contributed by atoms with Crippen molar-refractivity contribution in [3.05, 3.63) is 58.7 Å². The molecule has 3 aromatic rings. The van der Waals surface area contributed by atoms with E-state index in [9.17, 15) is 0 Å². The SMILES string of the molecule is Cl.Nc1cc(CCCNCc2cscn2)nn1-c1ccccc1. The van der Waals surface area contributed by atoms with Gasteiger partial charge in [-0.3, -0.25) is 0 Å². The monoisotopic (exact) mass is 349 g/mol. The molecule has 0 bridgehead atoms. The second kappa shape index (κ2) is 8.67. The summed E-state index contributed by atoms with van der Waals surface area (Å²) < 4.78 is 1.79. The molecule has 3 rings (SSSR count). The molecule has 0 fully saturated rings. The molecule has 0 aliphatic rings. The fourth-order valence-electron chi connectivity index (χ4n) is 2.28. The maximum atomic E-state index is 6.05. The Balaban J connectivity index is 0.00000192. The number of anilines is 1. The van der Waals surface area contributed by atoms with Crippen LogP contribution in [-0.4, -0.2) is 21.3 Å². The van der Waals surface area contributed by atoms with Crippen molar-refractivity contribution in [2.75, 3.05) is 12.3 Å². The molecule has 1 aromatic carbocycles. The summed E-state index contributed by atoms with van der Waals surface area (Å²) in [5, 5.41) is 10.0. The van der Waals surface area contributed by atoms with Crippen LogP contribution in [0.15, 0.2) is 47.3 Å². The zero-order chi connectivity index (χ0) is 15.2. The maximum Gasteiger partial charge on any atom is 0.127 e. The van der Waals surface area contributed by atoms with Gasteiger partial charge in [-0.25, -0.2) is 9.67 Å². The van der Waals surface area contributed by atoms with E-state index in [4.69, 9.17) is 5.73 Å². The van der Waals surface area contributed by atoms with E-state index in [1.54, 1.807) is 16.0 Å². The Hall–Kier alpha value is -1.89. The minimum Gasteiger partial charge on any atom is -0.384 e. The number of hydrogen-bond donors (Lipinski definition) is 2. The van der Waals surface area contributed by atoms with Gasteiger partial charge in [0.05, 0.1) is 22.6 Å². The topological polar surface area (TPSA) is 68.8 Å². The van der Waals surface area contributed by atoms with E-state index in [1.807, 2.05) is 41.9 Å². The highest BCUT2D eigenvalue weighted by Crippen LogP contribution is 2.14. The second-order valence-corrected chi connectivity index (χ2v) is 5.79. The van der Waals surface area contributed by atoms with Crippen molar-refractivity contribution >= 4 is 29.6 Å². The number of benzene rings is 1. The number of nitrogens with one attached hydrogen (secondary N) is 1. The van der Waals surface area contributed by atoms with Gasteiger partial charge < -0.3 is 11.1 Å². The van der Waals surface area contributed by atoms with Crippen LogP contribution in [0.5, 0.6) is 0 Å². The molecule has 0 atom stereocenters. The van der Waals surface area contributed by atoms with Gasteiger partial charge in [-0.05, 0) is 31.5 Å². The summed E-state index contributed by atoms with van der Waals surface area (Å²) in [6, 6.07) is 11.9. The van der Waals surface area contributed by atoms with Crippen molar-refractivity contribution < 1.29 is 0 Å². The smallest absolute Gasteiger partial charge is 0.127 e. The van der Waals surface area contributed by atoms with Gasteiger partial charge in [0.2, 0.25) is 0 Å². The molecule has 2 heterocycles. The lowest BCUT2D eigenvalue weighted by atomic mass is 10.2. The Morgan fingerprint density at radius 3 is 2.74 bits per heavy atom. The van der Waals surface area contributed by atoms with E-state index < -0.39 is 0 Å². The van der Waals surface area contributed by atoms with Gasteiger partial charge in [-0.1, -0.05) is 18.2 Å². The number of rotatable bonds is 7. The molecule has 23 heavy (non-hydrogen) atoms. The third kappa shape index (κ3) is 4.79. The molecule has 2 aromatic heterocycles. The molecule has 0 saturated carbocycles. The summed E-state index contributed by atoms with van der Waals surface area (Å²) in [6.45, 7) is 1.76. The first-order chi connectivity index (χ1) is 10.8. The Morgan fingerprint density at radius 2 is 2.00 bits per heavy atom. The number of hydrogen-bond acceptors (Lipinski definition) is 5. The highest BCUT2D eigenvalue weighted by molar-refractivity contribution is 7.07. The number of aryl methyl sites for hydroxylation is 1. The van der Waals surface area contributed by atoms with Crippen LogP contribution in [0.3, 0.4) is 0 Å². The minimum absolute atomic E-state index is 0. The molecular formula is C16H20ClN5S. The van der Waals surface area contributed by atoms with Gasteiger partial charge in [0.1, 0.15) is 5.82 Å². The lowest BCUT2D eigenvalue weighted by Gasteiger charge is -2.03. The number of thiazole rings is 1. The zero-order valence-corrected chi connectivity index (χ0v) is 14.3. The van der Waals surface area contributed by atoms with Crippen molar-refractivity contribution in [3.63, 3.8) is 0 Å². The van der Waals surface area contributed by atoms with Crippen LogP contribution in [0.4, 0.5) is 5.82 Å². The summed E-state index contributed by atoms with van der Waals surface area (Å²) in [5.74, 6) is 0.677. The summed E-state index contributed by atoms with van der Waals surface area (Å²) in [7, 11) is 0. The maximum absolute atomic E-state index is 6.05. The van der Waals surface area contributed by atoms with Gasteiger partial charge >= 0.3 is 0 Å². The summed E-state index contributed by atoms with van der Waals surface area (Å²) >= 11 is 1.62. The number of aromatic nitrogens is 3. The number of nitrogen functional groups attached to an aromatic ring is 1. The van der Waals surface area contributed by atoms with E-state index in [0.717, 1.165) is 43.0 Å². The Kier molecular flexibility index (Phi) is 6.58. The molecule has 0 unspecified atom stereocenters. The molecule has 0 aliphatic heterocycles. The van der Waals surface area contributed by atoms with Crippen molar-refractivity contribution in [1.29, 1.82) is 0 Å². The summed E-state index contributed by atoms with van der Waals surface area (Å²) in [6.07, 6.45) is 1.93. The molecule has 5 nitrogen and oxygen atoms in total. The van der Waals surface area contributed by atoms with Crippen LogP contribution < -0.4 is 11.1 Å². The molecule has 0 saturated heterocycles. The molecule has 7 heteroatoms. The van der Waals surface area contributed by atoms with E-state index in [1.165, 1.54) is 0 Å². The first kappa shape index (κ1) is 17.5. The van der Waals surface area contributed by atoms with E-state index in [0.29, 0.717) is 5.82 Å². The van der Waals surface area contributed by atoms with E-state index in [-0.39, 0.29) is 12.4 Å². The third-order valence-corrected chi connectivity index (χ3v) is 4.00. The van der Waals surface area contributed by atoms with Crippen molar-refractivity contribution in [2.24, 2.45) is 0 Å². The van der Waals surface area contributed by atoms with E-state index >= 15 is 0 Å². The molecule has 0 amide bonds. The Bertz CT molecular complexity index is 697. The van der Waals surface area contributed by atoms with Crippen LogP contribution in [0, 0.1) is 0 Å². The molecular weight excluding hydrogens is 330 g/mol. The predicted molar refractivity (Wildman–Crippen MR) is 97.4 cm³/mol. The highest BCUT2D eigenvalue weighted by Gasteiger charge is 2.06. The fourth-order valence-corrected chi connectivity index (χ4v) is 2.84. The van der Waals surface area contributed by atoms with Crippen LogP contribution in [0.2, 0.25) is 0 Å². The van der Waals surface area contributed by atoms with Gasteiger partial charge in [-0.15, -0.1) is 23.7 Å². The fraction of sp³-hybridized carbons (Fsp3) is 0.250. The van der Waals surface area contributed by atoms with Crippen LogP contribution >= 0.6 is 23.7 Å². The number of nitrogens with zero attached hydrogens (tertiary/aromatic N) is 3. The summed E-state index contributed by atoms with van der Waals surface area (Å²) in [5.41, 5.74) is 11.0. The van der Waals surface area contributed by atoms with Crippen molar-refractivity contribution in [3.8, 4) is 5.69 Å². The summed E-state index contributed by atoms with van der Waals surface area (Å²) in [4.78, 5) is 4.24. The standard InChI is InChI=1S/C16H19N5S.ClH/c17-16-9-13(20-21(16)15-6-2-1-3-7-15)5-4-8-18-10-14-11-22-12-19-14;/h1-3,6-7,9,11-12,18H,4-5,8,10,17H2;1H. The van der Waals surface area contributed by atoms with Crippen molar-refractivity contribution in [1.82, 2.24) is 20.1 Å². The normalized spacial score (nSPS) is 10.4. The predicted octanol–water partition coefficient (Wildman–Crippen LogP) is 3.06. The molecule has 0 spiro atoms. The molecule has 3 N–H and O–H groups in total. The quantitative estimate of drug-likeness (QED) is 0.643. The Labute approximate surface area is 146 Å². The highest BCUT2D eigenvalue weighted by atomic mass is 35.5. The van der Waals surface area contributed by atoms with Gasteiger partial charge in [0.25, 0.3) is 0 Å². The number of nitrogens with two attached hydrogens (primary N) is 1. The first-order valence-electron chi connectivity index (χ1n) is 7.30. The molecule has 0 aliphatic carbocycles. The molecule has 0 radical (unpaired) electrons. The average molecular weight is 350 g/mol. The van der Waals surface area contributed by atoms with Gasteiger partial charge in [0, 0.05) is 18.0 Å². The van der Waals surface area contributed by atoms with Gasteiger partial charge in [0.15, 0.2) is 0 Å². The largest absolute Gasteiger partial charge is 0.384 e. The number of halogens is 1. The molecule has 122 valence electrons. The second-order valence-electron chi connectivity index (χ2n) is 5.07. The average Bonchev–Trinajstić information content (AvgIpc) is 3.17. The van der Waals surface area contributed by atoms with E-state index in [2.05, 4.69) is 20.8 Å². The minimum atomic E-state index is 0. The zero-order valence-electron chi connectivity index (χ0n) is 12.7. The van der Waals surface area contributed by atoms with Crippen molar-refractivity contribution in [2.45, 2.75) is 19.4 Å². The lowest BCUT2D eigenvalue weighted by Crippen LogP contribution is -2.15. The van der Waals surface area contributed by atoms with Crippen LogP contribution in [-0.2, 0) is 13.0 Å². The van der Waals surface area contributed by atoms with Crippen LogP contribution in [0.25, 0.3) is 5.69 Å².